The molecule has 0 unspecified atom stereocenters. The fraction of sp³-hybridized carbons (Fsp3) is 0.538. The second kappa shape index (κ2) is 6.38. The molecule has 0 saturated carbocycles. The minimum Gasteiger partial charge on any atom is -0.364 e. The molecule has 0 radical (unpaired) electrons. The quantitative estimate of drug-likeness (QED) is 0.621. The van der Waals surface area contributed by atoms with Gasteiger partial charge in [-0.25, -0.2) is 9.67 Å². The first-order valence-electron chi connectivity index (χ1n) is 6.96. The zero-order valence-electron chi connectivity index (χ0n) is 12.5. The number of nitrogens with one attached hydrogen (secondary N) is 1. The fourth-order valence-electron chi connectivity index (χ4n) is 2.27. The number of hydrogen-bond acceptors (Lipinski definition) is 5. The zero-order chi connectivity index (χ0) is 15.4. The molecule has 2 aromatic rings. The van der Waals surface area contributed by atoms with Gasteiger partial charge in [0.15, 0.2) is 0 Å². The van der Waals surface area contributed by atoms with Gasteiger partial charge in [0, 0.05) is 39.0 Å². The molecule has 0 saturated heterocycles. The Kier molecular flexibility index (Phi) is 4.56. The van der Waals surface area contributed by atoms with Crippen LogP contribution >= 0.6 is 0 Å². The number of anilines is 1. The molecule has 0 aliphatic carbocycles. The molecule has 8 nitrogen and oxygen atoms in total. The van der Waals surface area contributed by atoms with Crippen molar-refractivity contribution < 1.29 is 4.92 Å². The molecule has 2 aromatic heterocycles. The lowest BCUT2D eigenvalue weighted by molar-refractivity contribution is -0.384. The lowest BCUT2D eigenvalue weighted by Gasteiger charge is -2.08. The van der Waals surface area contributed by atoms with Crippen molar-refractivity contribution in [3.05, 3.63) is 34.0 Å². The first-order chi connectivity index (χ1) is 10.0. The van der Waals surface area contributed by atoms with Crippen LogP contribution in [0.5, 0.6) is 0 Å². The van der Waals surface area contributed by atoms with E-state index < -0.39 is 0 Å². The van der Waals surface area contributed by atoms with Crippen molar-refractivity contribution in [2.24, 2.45) is 7.05 Å². The summed E-state index contributed by atoms with van der Waals surface area (Å²) in [4.78, 5) is 15.1. The molecule has 0 fully saturated rings. The van der Waals surface area contributed by atoms with E-state index in [-0.39, 0.29) is 10.6 Å². The average molecular weight is 292 g/mol. The minimum absolute atomic E-state index is 0.0586. The third kappa shape index (κ3) is 3.21. The molecule has 21 heavy (non-hydrogen) atoms. The third-order valence-corrected chi connectivity index (χ3v) is 3.28. The monoisotopic (exact) mass is 292 g/mol. The number of nitrogens with zero attached hydrogens (tertiary/aromatic N) is 5. The lowest BCUT2D eigenvalue weighted by Crippen LogP contribution is -2.13. The summed E-state index contributed by atoms with van der Waals surface area (Å²) >= 11 is 0. The van der Waals surface area contributed by atoms with Crippen molar-refractivity contribution >= 4 is 11.5 Å². The molecule has 0 amide bonds. The van der Waals surface area contributed by atoms with Gasteiger partial charge in [-0.1, -0.05) is 6.92 Å². The Morgan fingerprint density at radius 1 is 1.48 bits per heavy atom. The summed E-state index contributed by atoms with van der Waals surface area (Å²) in [7, 11) is 1.93. The van der Waals surface area contributed by atoms with Crippen LogP contribution in [0.4, 0.5) is 11.5 Å². The summed E-state index contributed by atoms with van der Waals surface area (Å²) in [6.07, 6.45) is 5.18. The molecule has 0 spiro atoms. The van der Waals surface area contributed by atoms with E-state index in [2.05, 4.69) is 15.4 Å². The Morgan fingerprint density at radius 3 is 2.81 bits per heavy atom. The highest BCUT2D eigenvalue weighted by molar-refractivity contribution is 5.59. The Bertz CT molecular complexity index is 631. The van der Waals surface area contributed by atoms with E-state index in [1.807, 2.05) is 24.7 Å². The third-order valence-electron chi connectivity index (χ3n) is 3.28. The normalized spacial score (nSPS) is 10.8. The van der Waals surface area contributed by atoms with Gasteiger partial charge in [-0.3, -0.25) is 10.1 Å². The molecular formula is C13H20N6O2. The van der Waals surface area contributed by atoms with Crippen molar-refractivity contribution in [3.8, 4) is 0 Å². The van der Waals surface area contributed by atoms with E-state index in [0.717, 1.165) is 12.2 Å². The molecule has 2 rings (SSSR count). The van der Waals surface area contributed by atoms with Crippen LogP contribution < -0.4 is 5.32 Å². The number of rotatable bonds is 7. The van der Waals surface area contributed by atoms with Gasteiger partial charge in [0.05, 0.1) is 4.92 Å². The van der Waals surface area contributed by atoms with Crippen molar-refractivity contribution in [1.29, 1.82) is 0 Å². The van der Waals surface area contributed by atoms with Crippen molar-refractivity contribution in [2.75, 3.05) is 11.9 Å². The molecule has 0 aliphatic rings. The standard InChI is InChI=1S/C13H20N6O2/c1-4-8-18-13(12(19(20)21)10(2)16-18)15-6-5-11-14-7-9-17(11)3/h7,9,15H,4-6,8H2,1-3H3. The molecule has 1 N–H and O–H groups in total. The van der Waals surface area contributed by atoms with Gasteiger partial charge in [0.25, 0.3) is 0 Å². The van der Waals surface area contributed by atoms with E-state index in [0.29, 0.717) is 31.0 Å². The molecule has 114 valence electrons. The molecular weight excluding hydrogens is 272 g/mol. The maximum Gasteiger partial charge on any atom is 0.333 e. The van der Waals surface area contributed by atoms with E-state index in [1.54, 1.807) is 17.8 Å². The van der Waals surface area contributed by atoms with Gasteiger partial charge in [-0.15, -0.1) is 0 Å². The first-order valence-corrected chi connectivity index (χ1v) is 6.96. The maximum absolute atomic E-state index is 11.2. The second-order valence-corrected chi connectivity index (χ2v) is 4.89. The van der Waals surface area contributed by atoms with Crippen LogP contribution in [0.15, 0.2) is 12.4 Å². The molecule has 8 heteroatoms. The molecule has 0 bridgehead atoms. The van der Waals surface area contributed by atoms with Crippen molar-refractivity contribution in [3.63, 3.8) is 0 Å². The van der Waals surface area contributed by atoms with Crippen LogP contribution in [0.25, 0.3) is 0 Å². The van der Waals surface area contributed by atoms with Gasteiger partial charge in [-0.2, -0.15) is 5.10 Å². The number of hydrogen-bond donors (Lipinski definition) is 1. The fourth-order valence-corrected chi connectivity index (χ4v) is 2.27. The van der Waals surface area contributed by atoms with E-state index in [4.69, 9.17) is 0 Å². The number of imidazole rings is 1. The van der Waals surface area contributed by atoms with E-state index in [9.17, 15) is 10.1 Å². The van der Waals surface area contributed by atoms with Crippen molar-refractivity contribution in [1.82, 2.24) is 19.3 Å². The SMILES string of the molecule is CCCn1nc(C)c([N+](=O)[O-])c1NCCc1nccn1C. The lowest BCUT2D eigenvalue weighted by atomic mass is 10.3. The molecule has 0 aliphatic heterocycles. The van der Waals surface area contributed by atoms with Crippen LogP contribution in [0.1, 0.15) is 24.9 Å². The zero-order valence-corrected chi connectivity index (χ0v) is 12.5. The largest absolute Gasteiger partial charge is 0.364 e. The van der Waals surface area contributed by atoms with Gasteiger partial charge in [0.1, 0.15) is 11.5 Å². The molecule has 0 atom stereocenters. The van der Waals surface area contributed by atoms with Crippen LogP contribution in [-0.2, 0) is 20.0 Å². The predicted octanol–water partition coefficient (Wildman–Crippen LogP) is 1.90. The number of aryl methyl sites for hydroxylation is 3. The maximum atomic E-state index is 11.2. The van der Waals surface area contributed by atoms with Crippen LogP contribution in [0.2, 0.25) is 0 Å². The number of aromatic nitrogens is 4. The summed E-state index contributed by atoms with van der Waals surface area (Å²) < 4.78 is 3.61. The first kappa shape index (κ1) is 15.0. The van der Waals surface area contributed by atoms with Crippen LogP contribution in [0, 0.1) is 17.0 Å². The van der Waals surface area contributed by atoms with Gasteiger partial charge in [-0.05, 0) is 13.3 Å². The summed E-state index contributed by atoms with van der Waals surface area (Å²) in [6, 6.07) is 0. The highest BCUT2D eigenvalue weighted by atomic mass is 16.6. The van der Waals surface area contributed by atoms with Gasteiger partial charge < -0.3 is 9.88 Å². The Hall–Kier alpha value is -2.38. The van der Waals surface area contributed by atoms with E-state index >= 15 is 0 Å². The minimum atomic E-state index is -0.377. The van der Waals surface area contributed by atoms with Crippen LogP contribution in [0.3, 0.4) is 0 Å². The summed E-state index contributed by atoms with van der Waals surface area (Å²) in [5.74, 6) is 1.41. The van der Waals surface area contributed by atoms with Gasteiger partial charge >= 0.3 is 5.69 Å². The highest BCUT2D eigenvalue weighted by Crippen LogP contribution is 2.28. The summed E-state index contributed by atoms with van der Waals surface area (Å²) in [5, 5.41) is 18.6. The summed E-state index contributed by atoms with van der Waals surface area (Å²) in [6.45, 7) is 4.90. The van der Waals surface area contributed by atoms with E-state index in [1.165, 1.54) is 0 Å². The number of nitro groups is 1. The highest BCUT2D eigenvalue weighted by Gasteiger charge is 2.24. The molecule has 2 heterocycles. The predicted molar refractivity (Wildman–Crippen MR) is 79.3 cm³/mol. The topological polar surface area (TPSA) is 90.8 Å². The van der Waals surface area contributed by atoms with Gasteiger partial charge in [0.2, 0.25) is 5.82 Å². The Labute approximate surface area is 122 Å². The molecule has 0 aromatic carbocycles. The van der Waals surface area contributed by atoms with Crippen molar-refractivity contribution in [2.45, 2.75) is 33.2 Å². The summed E-state index contributed by atoms with van der Waals surface area (Å²) in [5.41, 5.74) is 0.497. The Balaban J connectivity index is 2.14. The average Bonchev–Trinajstić information content (AvgIpc) is 2.95. The Morgan fingerprint density at radius 2 is 2.24 bits per heavy atom. The van der Waals surface area contributed by atoms with Crippen LogP contribution in [-0.4, -0.2) is 30.8 Å². The smallest absolute Gasteiger partial charge is 0.333 e. The second-order valence-electron chi connectivity index (χ2n) is 4.89.